The summed E-state index contributed by atoms with van der Waals surface area (Å²) in [5, 5.41) is 11.4. The smallest absolute Gasteiger partial charge is 0.133 e. The quantitative estimate of drug-likeness (QED) is 0.321. The van der Waals surface area contributed by atoms with Gasteiger partial charge in [-0.05, 0) is 0 Å². The molecule has 0 aromatic heterocycles. The van der Waals surface area contributed by atoms with Crippen LogP contribution < -0.4 is 16.8 Å². The lowest BCUT2D eigenvalue weighted by Crippen LogP contribution is -2.39. The van der Waals surface area contributed by atoms with Gasteiger partial charge in [0.05, 0.1) is 13.3 Å². The van der Waals surface area contributed by atoms with E-state index in [1.54, 1.807) is 0 Å². The molecule has 62 valence electrons. The lowest BCUT2D eigenvalue weighted by Gasteiger charge is -2.14. The Kier molecular flexibility index (Phi) is 6.78. The molecule has 0 saturated carbocycles. The minimum Gasteiger partial charge on any atom is -0.392 e. The van der Waals surface area contributed by atoms with Crippen LogP contribution in [0.5, 0.6) is 0 Å². The summed E-state index contributed by atoms with van der Waals surface area (Å²) in [6, 6.07) is 0. The van der Waals surface area contributed by atoms with Crippen molar-refractivity contribution in [1.29, 1.82) is 0 Å². The van der Waals surface area contributed by atoms with E-state index in [4.69, 9.17) is 21.3 Å². The van der Waals surface area contributed by atoms with Gasteiger partial charge in [0.2, 0.25) is 0 Å². The van der Waals surface area contributed by atoms with Crippen LogP contribution >= 0.6 is 0 Å². The molecule has 0 spiro atoms. The predicted octanol–water partition coefficient (Wildman–Crippen LogP) is -2.21. The molecule has 0 aliphatic carbocycles. The number of hydrogen-bond donors (Lipinski definition) is 4. The van der Waals surface area contributed by atoms with Gasteiger partial charge >= 0.3 is 0 Å². The van der Waals surface area contributed by atoms with Crippen LogP contribution in [0.15, 0.2) is 0 Å². The molecule has 5 heteroatoms. The lowest BCUT2D eigenvalue weighted by molar-refractivity contribution is -0.00411. The zero-order valence-electron chi connectivity index (χ0n) is 5.92. The highest BCUT2D eigenvalue weighted by Crippen LogP contribution is 1.80. The van der Waals surface area contributed by atoms with Crippen LogP contribution in [0.25, 0.3) is 0 Å². The molecular weight excluding hydrogens is 134 g/mol. The Bertz CT molecular complexity index is 71.9. The monoisotopic (exact) mass is 149 g/mol. The van der Waals surface area contributed by atoms with E-state index in [2.05, 4.69) is 5.32 Å². The van der Waals surface area contributed by atoms with Gasteiger partial charge in [0.25, 0.3) is 0 Å². The van der Waals surface area contributed by atoms with Crippen molar-refractivity contribution < 1.29 is 9.84 Å². The second-order valence-corrected chi connectivity index (χ2v) is 1.75. The van der Waals surface area contributed by atoms with Crippen molar-refractivity contribution in [3.05, 3.63) is 0 Å². The van der Waals surface area contributed by atoms with Crippen molar-refractivity contribution >= 4 is 0 Å². The maximum atomic E-state index is 8.60. The number of aliphatic hydroxyl groups excluding tert-OH is 1. The first kappa shape index (κ1) is 9.80. The number of nitrogens with two attached hydrogens (primary N) is 2. The summed E-state index contributed by atoms with van der Waals surface area (Å²) in [7, 11) is 0. The van der Waals surface area contributed by atoms with E-state index in [-0.39, 0.29) is 19.6 Å². The van der Waals surface area contributed by atoms with Gasteiger partial charge in [0.15, 0.2) is 0 Å². The highest BCUT2D eigenvalue weighted by Gasteiger charge is 2.02. The predicted molar refractivity (Wildman–Crippen MR) is 38.1 cm³/mol. The molecule has 0 aromatic rings. The summed E-state index contributed by atoms with van der Waals surface area (Å²) in [6.07, 6.45) is -0.381. The summed E-state index contributed by atoms with van der Waals surface area (Å²) in [4.78, 5) is 0. The third-order valence-electron chi connectivity index (χ3n) is 0.980. The minimum atomic E-state index is -0.381. The molecule has 0 heterocycles. The SMILES string of the molecule is NCCNC(CO)OCN. The molecule has 5 nitrogen and oxygen atoms in total. The molecule has 0 saturated heterocycles. The fourth-order valence-corrected chi connectivity index (χ4v) is 0.537. The first-order valence-electron chi connectivity index (χ1n) is 3.21. The maximum Gasteiger partial charge on any atom is 0.133 e. The van der Waals surface area contributed by atoms with Gasteiger partial charge in [-0.1, -0.05) is 0 Å². The van der Waals surface area contributed by atoms with E-state index >= 15 is 0 Å². The van der Waals surface area contributed by atoms with Gasteiger partial charge in [0.1, 0.15) is 6.23 Å². The highest BCUT2D eigenvalue weighted by molar-refractivity contribution is 4.52. The molecule has 0 radical (unpaired) electrons. The van der Waals surface area contributed by atoms with Crippen molar-refractivity contribution in [3.8, 4) is 0 Å². The van der Waals surface area contributed by atoms with Crippen LogP contribution in [-0.2, 0) is 4.74 Å². The van der Waals surface area contributed by atoms with Gasteiger partial charge in [-0.2, -0.15) is 0 Å². The van der Waals surface area contributed by atoms with E-state index in [1.807, 2.05) is 0 Å². The van der Waals surface area contributed by atoms with Crippen molar-refractivity contribution in [1.82, 2.24) is 5.32 Å². The zero-order valence-corrected chi connectivity index (χ0v) is 5.92. The number of nitrogens with one attached hydrogen (secondary N) is 1. The van der Waals surface area contributed by atoms with Crippen molar-refractivity contribution in [2.75, 3.05) is 26.4 Å². The summed E-state index contributed by atoms with van der Waals surface area (Å²) < 4.78 is 4.85. The molecule has 0 rings (SSSR count). The van der Waals surface area contributed by atoms with E-state index < -0.39 is 0 Å². The van der Waals surface area contributed by atoms with Gasteiger partial charge in [0, 0.05) is 13.1 Å². The fraction of sp³-hybridized carbons (Fsp3) is 1.00. The molecular formula is C5H15N3O2. The Morgan fingerprint density at radius 2 is 2.20 bits per heavy atom. The van der Waals surface area contributed by atoms with Crippen molar-refractivity contribution in [2.24, 2.45) is 11.5 Å². The van der Waals surface area contributed by atoms with Crippen molar-refractivity contribution in [3.63, 3.8) is 0 Å². The molecule has 0 aliphatic rings. The summed E-state index contributed by atoms with van der Waals surface area (Å²) in [6.45, 7) is 1.15. The number of rotatable bonds is 6. The molecule has 0 aliphatic heterocycles. The number of hydrogen-bond acceptors (Lipinski definition) is 5. The molecule has 1 unspecified atom stereocenters. The molecule has 6 N–H and O–H groups in total. The Hall–Kier alpha value is -0.200. The second-order valence-electron chi connectivity index (χ2n) is 1.75. The average molecular weight is 149 g/mol. The van der Waals surface area contributed by atoms with Crippen LogP contribution in [0.4, 0.5) is 0 Å². The fourth-order valence-electron chi connectivity index (χ4n) is 0.537. The zero-order chi connectivity index (χ0) is 7.82. The average Bonchev–Trinajstić information content (AvgIpc) is 1.98. The van der Waals surface area contributed by atoms with E-state index in [0.29, 0.717) is 13.1 Å². The van der Waals surface area contributed by atoms with Crippen LogP contribution in [0.3, 0.4) is 0 Å². The Labute approximate surface area is 60.3 Å². The lowest BCUT2D eigenvalue weighted by atomic mass is 10.5. The van der Waals surface area contributed by atoms with Gasteiger partial charge in [-0.15, -0.1) is 0 Å². The maximum absolute atomic E-state index is 8.60. The van der Waals surface area contributed by atoms with Gasteiger partial charge < -0.3 is 21.3 Å². The van der Waals surface area contributed by atoms with Crippen LogP contribution in [-0.4, -0.2) is 37.8 Å². The third-order valence-corrected chi connectivity index (χ3v) is 0.980. The summed E-state index contributed by atoms with van der Waals surface area (Å²) >= 11 is 0. The van der Waals surface area contributed by atoms with Gasteiger partial charge in [-0.25, -0.2) is 0 Å². The minimum absolute atomic E-state index is 0.0861. The molecule has 0 fully saturated rings. The molecule has 0 amide bonds. The topological polar surface area (TPSA) is 93.5 Å². The Morgan fingerprint density at radius 1 is 1.50 bits per heavy atom. The van der Waals surface area contributed by atoms with Crippen molar-refractivity contribution in [2.45, 2.75) is 6.23 Å². The standard InChI is InChI=1S/C5H15N3O2/c6-1-2-8-5(3-9)10-4-7/h5,8-9H,1-4,6-7H2. The van der Waals surface area contributed by atoms with Gasteiger partial charge in [-0.3, -0.25) is 5.32 Å². The summed E-state index contributed by atoms with van der Waals surface area (Å²) in [5.41, 5.74) is 10.3. The second kappa shape index (κ2) is 6.91. The van der Waals surface area contributed by atoms with E-state index in [1.165, 1.54) is 0 Å². The number of aliphatic hydroxyl groups is 1. The normalized spacial score (nSPS) is 13.5. The van der Waals surface area contributed by atoms with Crippen LogP contribution in [0.2, 0.25) is 0 Å². The largest absolute Gasteiger partial charge is 0.392 e. The third kappa shape index (κ3) is 4.66. The molecule has 0 aromatic carbocycles. The molecule has 1 atom stereocenters. The first-order chi connectivity index (χ1) is 4.85. The van der Waals surface area contributed by atoms with Crippen LogP contribution in [0, 0.1) is 0 Å². The molecule has 0 bridgehead atoms. The summed E-state index contributed by atoms with van der Waals surface area (Å²) in [5.74, 6) is 0. The number of ether oxygens (including phenoxy) is 1. The van der Waals surface area contributed by atoms with Crippen LogP contribution in [0.1, 0.15) is 0 Å². The highest BCUT2D eigenvalue weighted by atomic mass is 16.5. The first-order valence-corrected chi connectivity index (χ1v) is 3.21. The Morgan fingerprint density at radius 3 is 2.60 bits per heavy atom. The van der Waals surface area contributed by atoms with E-state index in [0.717, 1.165) is 0 Å². The molecule has 10 heavy (non-hydrogen) atoms. The van der Waals surface area contributed by atoms with E-state index in [9.17, 15) is 0 Å². The Balaban J connectivity index is 3.21.